The predicted molar refractivity (Wildman–Crippen MR) is 107 cm³/mol. The first-order valence-electron chi connectivity index (χ1n) is 9.54. The van der Waals surface area contributed by atoms with E-state index in [4.69, 9.17) is 20.6 Å². The van der Waals surface area contributed by atoms with Crippen molar-refractivity contribution in [1.29, 1.82) is 5.26 Å². The van der Waals surface area contributed by atoms with E-state index in [9.17, 15) is 14.7 Å². The third-order valence-electron chi connectivity index (χ3n) is 4.77. The van der Waals surface area contributed by atoms with Crippen molar-refractivity contribution in [2.24, 2.45) is 11.7 Å². The van der Waals surface area contributed by atoms with Gasteiger partial charge >= 0.3 is 0 Å². The molecule has 0 aliphatic carbocycles. The van der Waals surface area contributed by atoms with Crippen molar-refractivity contribution in [2.45, 2.75) is 45.3 Å². The number of likely N-dealkylation sites (tertiary alicyclic amines) is 1. The molecule has 3 rings (SSSR count). The van der Waals surface area contributed by atoms with Crippen molar-refractivity contribution in [2.75, 3.05) is 6.54 Å². The smallest absolute Gasteiger partial charge is 0.240 e. The maximum atomic E-state index is 12.8. The summed E-state index contributed by atoms with van der Waals surface area (Å²) in [6, 6.07) is 8.99. The Balaban J connectivity index is 0.000000297. The van der Waals surface area contributed by atoms with E-state index in [-0.39, 0.29) is 30.5 Å². The number of amides is 2. The molecule has 1 aliphatic heterocycles. The number of hydrogen-bond donors (Lipinski definition) is 3. The Hall–Kier alpha value is -3.38. The molecule has 160 valence electrons. The summed E-state index contributed by atoms with van der Waals surface area (Å²) in [6.07, 6.45) is -0.544. The number of rotatable bonds is 4. The van der Waals surface area contributed by atoms with E-state index in [0.29, 0.717) is 17.0 Å². The number of aromatic nitrogens is 1. The second-order valence-corrected chi connectivity index (χ2v) is 7.55. The minimum absolute atomic E-state index is 0.0314. The molecule has 3 atom stereocenters. The highest BCUT2D eigenvalue weighted by molar-refractivity contribution is 5.90. The molecule has 0 saturated carbocycles. The fraction of sp³-hybridized carbons (Fsp3) is 0.429. The van der Waals surface area contributed by atoms with Crippen molar-refractivity contribution in [3.05, 3.63) is 47.3 Å². The largest absolute Gasteiger partial charge is 0.508 e. The molecular weight excluding hydrogens is 388 g/mol. The van der Waals surface area contributed by atoms with Crippen LogP contribution in [0.25, 0.3) is 0 Å². The molecule has 1 aromatic carbocycles. The molecule has 30 heavy (non-hydrogen) atoms. The molecule has 0 radical (unpaired) electrons. The molecule has 2 heterocycles. The number of hydrogen-bond acceptors (Lipinski definition) is 7. The topological polar surface area (TPSA) is 154 Å². The molecule has 1 aliphatic rings. The fourth-order valence-corrected chi connectivity index (χ4v) is 3.31. The highest BCUT2D eigenvalue weighted by atomic mass is 16.5. The SMILES string of the molecule is Cc1cc(C(C(=O)N2CC(O)CC2C(N)=O)C(C)C)on1.N#Cc1ccc(O)cc1. The van der Waals surface area contributed by atoms with E-state index in [1.807, 2.05) is 19.9 Å². The lowest BCUT2D eigenvalue weighted by Gasteiger charge is -2.27. The number of carbonyl (C=O) groups is 2. The summed E-state index contributed by atoms with van der Waals surface area (Å²) in [4.78, 5) is 25.6. The van der Waals surface area contributed by atoms with Crippen LogP contribution in [0.4, 0.5) is 0 Å². The lowest BCUT2D eigenvalue weighted by Crippen LogP contribution is -2.46. The van der Waals surface area contributed by atoms with E-state index in [0.717, 1.165) is 0 Å². The van der Waals surface area contributed by atoms with Gasteiger partial charge in [0.15, 0.2) is 0 Å². The molecule has 9 nitrogen and oxygen atoms in total. The summed E-state index contributed by atoms with van der Waals surface area (Å²) in [5, 5.41) is 30.6. The summed E-state index contributed by atoms with van der Waals surface area (Å²) in [5.41, 5.74) is 6.58. The summed E-state index contributed by atoms with van der Waals surface area (Å²) in [5.74, 6) is -0.779. The summed E-state index contributed by atoms with van der Waals surface area (Å²) in [7, 11) is 0. The van der Waals surface area contributed by atoms with Crippen LogP contribution >= 0.6 is 0 Å². The molecule has 3 unspecified atom stereocenters. The van der Waals surface area contributed by atoms with Gasteiger partial charge < -0.3 is 25.4 Å². The normalized spacial score (nSPS) is 19.0. The molecule has 1 aromatic heterocycles. The van der Waals surface area contributed by atoms with Crippen molar-refractivity contribution in [3.63, 3.8) is 0 Å². The molecule has 0 bridgehead atoms. The summed E-state index contributed by atoms with van der Waals surface area (Å²) < 4.78 is 5.21. The van der Waals surface area contributed by atoms with Crippen LogP contribution in [0.3, 0.4) is 0 Å². The Morgan fingerprint density at radius 2 is 1.97 bits per heavy atom. The maximum Gasteiger partial charge on any atom is 0.240 e. The van der Waals surface area contributed by atoms with Crippen LogP contribution in [0, 0.1) is 24.2 Å². The zero-order chi connectivity index (χ0) is 22.4. The number of phenolic OH excluding ortho intramolecular Hbond substituents is 1. The average Bonchev–Trinajstić information content (AvgIpc) is 3.28. The number of aliphatic hydroxyl groups excluding tert-OH is 1. The summed E-state index contributed by atoms with van der Waals surface area (Å²) in [6.45, 7) is 5.68. The predicted octanol–water partition coefficient (Wildman–Crippen LogP) is 1.43. The van der Waals surface area contributed by atoms with Crippen LogP contribution in [0.1, 0.15) is 43.2 Å². The van der Waals surface area contributed by atoms with Gasteiger partial charge in [0.2, 0.25) is 11.8 Å². The summed E-state index contributed by atoms with van der Waals surface area (Å²) >= 11 is 0. The van der Waals surface area contributed by atoms with Crippen molar-refractivity contribution in [3.8, 4) is 11.8 Å². The Morgan fingerprint density at radius 3 is 2.43 bits per heavy atom. The Bertz CT molecular complexity index is 916. The lowest BCUT2D eigenvalue weighted by atomic mass is 9.91. The van der Waals surface area contributed by atoms with Gasteiger partial charge in [-0.05, 0) is 37.1 Å². The van der Waals surface area contributed by atoms with E-state index >= 15 is 0 Å². The van der Waals surface area contributed by atoms with E-state index in [1.165, 1.54) is 17.0 Å². The van der Waals surface area contributed by atoms with Crippen LogP contribution in [-0.4, -0.2) is 50.8 Å². The van der Waals surface area contributed by atoms with Gasteiger partial charge in [-0.2, -0.15) is 5.26 Å². The number of primary amides is 1. The number of nitriles is 1. The first-order chi connectivity index (χ1) is 14.1. The number of aryl methyl sites for hydroxylation is 1. The Morgan fingerprint density at radius 1 is 1.33 bits per heavy atom. The van der Waals surface area contributed by atoms with Gasteiger partial charge in [-0.1, -0.05) is 19.0 Å². The highest BCUT2D eigenvalue weighted by Gasteiger charge is 2.42. The number of phenols is 1. The number of β-amino-alcohol motifs (C(OH)–C–C–N with tert-alkyl or cyclic N) is 1. The maximum absolute atomic E-state index is 12.8. The molecule has 2 amide bonds. The zero-order valence-corrected chi connectivity index (χ0v) is 17.1. The van der Waals surface area contributed by atoms with Gasteiger partial charge in [-0.3, -0.25) is 9.59 Å². The molecule has 1 saturated heterocycles. The first kappa shape index (κ1) is 22.9. The van der Waals surface area contributed by atoms with E-state index < -0.39 is 24.0 Å². The van der Waals surface area contributed by atoms with Gasteiger partial charge in [0.05, 0.1) is 23.4 Å². The van der Waals surface area contributed by atoms with Crippen molar-refractivity contribution < 1.29 is 24.3 Å². The molecule has 2 aromatic rings. The van der Waals surface area contributed by atoms with E-state index in [2.05, 4.69) is 5.16 Å². The van der Waals surface area contributed by atoms with Crippen LogP contribution in [0.15, 0.2) is 34.9 Å². The minimum Gasteiger partial charge on any atom is -0.508 e. The number of nitrogens with two attached hydrogens (primary N) is 1. The van der Waals surface area contributed by atoms with Gasteiger partial charge in [0.25, 0.3) is 0 Å². The second kappa shape index (κ2) is 9.89. The number of benzene rings is 1. The fourth-order valence-electron chi connectivity index (χ4n) is 3.31. The third kappa shape index (κ3) is 5.58. The van der Waals surface area contributed by atoms with E-state index in [1.54, 1.807) is 25.1 Å². The van der Waals surface area contributed by atoms with Crippen LogP contribution in [0.5, 0.6) is 5.75 Å². The van der Waals surface area contributed by atoms with Crippen molar-refractivity contribution >= 4 is 11.8 Å². The Kier molecular flexibility index (Phi) is 7.55. The standard InChI is InChI=1S/C14H21N3O4.C7H5NO/c1-7(2)12(11-4-8(3)16-21-11)14(20)17-6-9(18)5-10(17)13(15)19;8-5-6-1-3-7(9)4-2-6/h4,7,9-10,12,18H,5-6H2,1-3H3,(H2,15,19);1-4,9H. The van der Waals surface area contributed by atoms with Gasteiger partial charge in [0.1, 0.15) is 23.5 Å². The highest BCUT2D eigenvalue weighted by Crippen LogP contribution is 2.30. The first-order valence-corrected chi connectivity index (χ1v) is 9.54. The molecular formula is C21H26N4O5. The average molecular weight is 414 g/mol. The number of carbonyl (C=O) groups excluding carboxylic acids is 2. The molecule has 9 heteroatoms. The molecule has 1 fully saturated rings. The monoisotopic (exact) mass is 414 g/mol. The quantitative estimate of drug-likeness (QED) is 0.684. The lowest BCUT2D eigenvalue weighted by molar-refractivity contribution is -0.139. The van der Waals surface area contributed by atoms with Crippen LogP contribution < -0.4 is 5.73 Å². The van der Waals surface area contributed by atoms with Gasteiger partial charge in [-0.25, -0.2) is 0 Å². The molecule has 0 spiro atoms. The zero-order valence-electron chi connectivity index (χ0n) is 17.1. The van der Waals surface area contributed by atoms with Gasteiger partial charge in [0, 0.05) is 19.0 Å². The number of aromatic hydroxyl groups is 1. The number of aliphatic hydroxyl groups is 1. The van der Waals surface area contributed by atoms with Crippen molar-refractivity contribution in [1.82, 2.24) is 10.1 Å². The molecule has 4 N–H and O–H groups in total. The Labute approximate surface area is 174 Å². The minimum atomic E-state index is -0.766. The van der Waals surface area contributed by atoms with Gasteiger partial charge in [-0.15, -0.1) is 0 Å². The third-order valence-corrected chi connectivity index (χ3v) is 4.77. The number of nitrogens with zero attached hydrogens (tertiary/aromatic N) is 3. The second-order valence-electron chi connectivity index (χ2n) is 7.55. The van der Waals surface area contributed by atoms with Crippen LogP contribution in [0.2, 0.25) is 0 Å². The van der Waals surface area contributed by atoms with Crippen LogP contribution in [-0.2, 0) is 9.59 Å².